The Labute approximate surface area is 205 Å². The molecule has 0 aliphatic heterocycles. The molecule has 7 nitrogen and oxygen atoms in total. The molecule has 2 aromatic carbocycles. The lowest BCUT2D eigenvalue weighted by atomic mass is 10.0. The summed E-state index contributed by atoms with van der Waals surface area (Å²) in [7, 11) is 0. The first-order chi connectivity index (χ1) is 16.8. The average molecular weight is 477 g/mol. The highest BCUT2D eigenvalue weighted by Crippen LogP contribution is 2.15. The molecule has 1 heterocycles. The summed E-state index contributed by atoms with van der Waals surface area (Å²) in [4.78, 5) is 39.5. The second-order valence-electron chi connectivity index (χ2n) is 8.57. The van der Waals surface area contributed by atoms with Crippen molar-refractivity contribution in [1.29, 1.82) is 0 Å². The molecule has 0 bridgehead atoms. The largest absolute Gasteiger partial charge is 0.458 e. The van der Waals surface area contributed by atoms with Crippen molar-refractivity contribution in [3.63, 3.8) is 0 Å². The van der Waals surface area contributed by atoms with Gasteiger partial charge in [0.15, 0.2) is 0 Å². The maximum atomic E-state index is 12.6. The summed E-state index contributed by atoms with van der Waals surface area (Å²) in [6, 6.07) is 13.4. The van der Waals surface area contributed by atoms with Crippen molar-refractivity contribution in [2.75, 3.05) is 13.2 Å². The minimum absolute atomic E-state index is 0.00373. The molecule has 35 heavy (non-hydrogen) atoms. The number of nitrogens with zero attached hydrogens (tertiary/aromatic N) is 1. The van der Waals surface area contributed by atoms with Crippen LogP contribution in [0.2, 0.25) is 0 Å². The zero-order valence-electron chi connectivity index (χ0n) is 20.7. The van der Waals surface area contributed by atoms with Gasteiger partial charge in [-0.1, -0.05) is 60.0 Å². The molecule has 0 amide bonds. The number of hydrogen-bond acceptors (Lipinski definition) is 5. The van der Waals surface area contributed by atoms with Crippen LogP contribution in [0.15, 0.2) is 64.2 Å². The van der Waals surface area contributed by atoms with Gasteiger partial charge >= 0.3 is 11.7 Å². The first-order valence-corrected chi connectivity index (χ1v) is 11.7. The Morgan fingerprint density at radius 1 is 0.943 bits per heavy atom. The molecule has 0 atom stereocenters. The zero-order valence-corrected chi connectivity index (χ0v) is 20.7. The number of benzene rings is 2. The summed E-state index contributed by atoms with van der Waals surface area (Å²) >= 11 is 0. The minimum Gasteiger partial charge on any atom is -0.458 e. The van der Waals surface area contributed by atoms with E-state index in [9.17, 15) is 14.4 Å². The number of hydrogen-bond donors (Lipinski definition) is 1. The van der Waals surface area contributed by atoms with Gasteiger partial charge in [-0.2, -0.15) is 0 Å². The molecule has 0 saturated heterocycles. The molecule has 0 aliphatic rings. The number of nitrogens with one attached hydrogen (secondary N) is 1. The van der Waals surface area contributed by atoms with Gasteiger partial charge in [0.25, 0.3) is 5.56 Å². The van der Waals surface area contributed by atoms with E-state index in [1.807, 2.05) is 39.8 Å². The van der Waals surface area contributed by atoms with Crippen LogP contribution in [0.4, 0.5) is 0 Å². The minimum atomic E-state index is -0.498. The van der Waals surface area contributed by atoms with Crippen LogP contribution in [-0.4, -0.2) is 28.7 Å². The highest BCUT2D eigenvalue weighted by molar-refractivity contribution is 5.89. The first-order valence-electron chi connectivity index (χ1n) is 11.7. The summed E-state index contributed by atoms with van der Waals surface area (Å²) in [5, 5.41) is 0. The van der Waals surface area contributed by atoms with Gasteiger partial charge in [-0.05, 0) is 51.0 Å². The normalized spacial score (nSPS) is 11.2. The molecule has 3 aromatic rings. The van der Waals surface area contributed by atoms with E-state index in [1.165, 1.54) is 4.57 Å². The number of aromatic nitrogens is 2. The van der Waals surface area contributed by atoms with Gasteiger partial charge in [0, 0.05) is 17.7 Å². The van der Waals surface area contributed by atoms with Crippen molar-refractivity contribution >= 4 is 5.97 Å². The number of rotatable bonds is 10. The van der Waals surface area contributed by atoms with Crippen molar-refractivity contribution in [3.05, 3.63) is 115 Å². The van der Waals surface area contributed by atoms with Crippen LogP contribution in [0.25, 0.3) is 0 Å². The summed E-state index contributed by atoms with van der Waals surface area (Å²) in [5.41, 5.74) is 5.23. The summed E-state index contributed by atoms with van der Waals surface area (Å²) in [5.74, 6) is -0.390. The van der Waals surface area contributed by atoms with Gasteiger partial charge in [0.1, 0.15) is 13.3 Å². The third-order valence-electron chi connectivity index (χ3n) is 5.62. The van der Waals surface area contributed by atoms with Gasteiger partial charge in [0.2, 0.25) is 0 Å². The standard InChI is InChI=1S/C28H32N2O5/c1-5-24-25(17-22-15-20(3)14-21(4)16-22)30(28(33)29-26(24)31)18-34-12-6-7-13-35-27(32)23-10-8-19(2)9-11-23/h6-11,14-16H,5,12-13,17-18H2,1-4H3,(H,29,31,33)/b7-6-. The summed E-state index contributed by atoms with van der Waals surface area (Å²) in [6.07, 6.45) is 4.38. The predicted octanol–water partition coefficient (Wildman–Crippen LogP) is 4.00. The molecule has 1 N–H and O–H groups in total. The van der Waals surface area contributed by atoms with E-state index >= 15 is 0 Å². The molecule has 3 rings (SSSR count). The van der Waals surface area contributed by atoms with Gasteiger partial charge in [0.05, 0.1) is 12.2 Å². The third-order valence-corrected chi connectivity index (χ3v) is 5.62. The smallest absolute Gasteiger partial charge is 0.338 e. The Morgan fingerprint density at radius 2 is 1.60 bits per heavy atom. The van der Waals surface area contributed by atoms with Crippen molar-refractivity contribution in [2.24, 2.45) is 0 Å². The van der Waals surface area contributed by atoms with Crippen molar-refractivity contribution in [3.8, 4) is 0 Å². The van der Waals surface area contributed by atoms with E-state index < -0.39 is 11.7 Å². The van der Waals surface area contributed by atoms with Crippen LogP contribution < -0.4 is 11.2 Å². The van der Waals surface area contributed by atoms with Gasteiger partial charge < -0.3 is 9.47 Å². The van der Waals surface area contributed by atoms with Gasteiger partial charge in [-0.15, -0.1) is 0 Å². The number of aryl methyl sites for hydroxylation is 3. The second-order valence-corrected chi connectivity index (χ2v) is 8.57. The Morgan fingerprint density at radius 3 is 2.26 bits per heavy atom. The SMILES string of the molecule is CCc1c(Cc2cc(C)cc(C)c2)n(COC/C=C\COC(=O)c2ccc(C)cc2)c(=O)[nH]c1=O. The molecule has 0 spiro atoms. The van der Waals surface area contributed by atoms with Crippen LogP contribution in [-0.2, 0) is 29.0 Å². The molecule has 0 aliphatic carbocycles. The molecular weight excluding hydrogens is 444 g/mol. The van der Waals surface area contributed by atoms with Crippen molar-refractivity contribution < 1.29 is 14.3 Å². The number of ether oxygens (including phenoxy) is 2. The maximum Gasteiger partial charge on any atom is 0.338 e. The van der Waals surface area contributed by atoms with E-state index in [0.29, 0.717) is 29.7 Å². The van der Waals surface area contributed by atoms with Crippen LogP contribution in [0.1, 0.15) is 50.8 Å². The van der Waals surface area contributed by atoms with Crippen molar-refractivity contribution in [2.45, 2.75) is 47.3 Å². The van der Waals surface area contributed by atoms with Crippen LogP contribution >= 0.6 is 0 Å². The monoisotopic (exact) mass is 476 g/mol. The Bertz CT molecular complexity index is 1300. The molecule has 0 radical (unpaired) electrons. The number of H-pyrrole nitrogens is 1. The number of esters is 1. The van der Waals surface area contributed by atoms with E-state index in [0.717, 1.165) is 22.3 Å². The number of carbonyl (C=O) groups excluding carboxylic acids is 1. The van der Waals surface area contributed by atoms with Crippen LogP contribution in [0.3, 0.4) is 0 Å². The zero-order chi connectivity index (χ0) is 25.4. The Kier molecular flexibility index (Phi) is 8.98. The lowest BCUT2D eigenvalue weighted by Gasteiger charge is -2.16. The highest BCUT2D eigenvalue weighted by atomic mass is 16.5. The first kappa shape index (κ1) is 25.9. The maximum absolute atomic E-state index is 12.6. The van der Waals surface area contributed by atoms with E-state index in [4.69, 9.17) is 9.47 Å². The fourth-order valence-electron chi connectivity index (χ4n) is 3.97. The Hall–Kier alpha value is -3.71. The van der Waals surface area contributed by atoms with E-state index in [2.05, 4.69) is 23.2 Å². The van der Waals surface area contributed by atoms with Crippen LogP contribution in [0.5, 0.6) is 0 Å². The number of aromatic amines is 1. The molecule has 0 unspecified atom stereocenters. The predicted molar refractivity (Wildman–Crippen MR) is 136 cm³/mol. The molecule has 0 saturated carbocycles. The summed E-state index contributed by atoms with van der Waals surface area (Å²) < 4.78 is 12.4. The lowest BCUT2D eigenvalue weighted by Crippen LogP contribution is -2.36. The molecule has 7 heteroatoms. The van der Waals surface area contributed by atoms with Gasteiger partial charge in [-0.25, -0.2) is 9.59 Å². The quantitative estimate of drug-likeness (QED) is 0.271. The summed E-state index contributed by atoms with van der Waals surface area (Å²) in [6.45, 7) is 8.23. The van der Waals surface area contributed by atoms with Crippen molar-refractivity contribution in [1.82, 2.24) is 9.55 Å². The fourth-order valence-corrected chi connectivity index (χ4v) is 3.97. The second kappa shape index (κ2) is 12.1. The van der Waals surface area contributed by atoms with Gasteiger partial charge in [-0.3, -0.25) is 14.3 Å². The molecule has 0 fully saturated rings. The molecule has 1 aromatic heterocycles. The van der Waals surface area contributed by atoms with Crippen LogP contribution in [0, 0.1) is 20.8 Å². The highest BCUT2D eigenvalue weighted by Gasteiger charge is 2.15. The molecular formula is C28H32N2O5. The topological polar surface area (TPSA) is 90.4 Å². The fraction of sp³-hybridized carbons (Fsp3) is 0.321. The lowest BCUT2D eigenvalue weighted by molar-refractivity contribution is 0.0547. The molecule has 184 valence electrons. The number of carbonyl (C=O) groups is 1. The third kappa shape index (κ3) is 7.13. The average Bonchev–Trinajstić information content (AvgIpc) is 2.79. The Balaban J connectivity index is 1.63. The van der Waals surface area contributed by atoms with E-state index in [-0.39, 0.29) is 25.5 Å². The van der Waals surface area contributed by atoms with E-state index in [1.54, 1.807) is 24.3 Å².